The van der Waals surface area contributed by atoms with Crippen molar-refractivity contribution in [2.24, 2.45) is 0 Å². The first-order valence-electron chi connectivity index (χ1n) is 6.84. The predicted molar refractivity (Wildman–Crippen MR) is 69.1 cm³/mol. The van der Waals surface area contributed by atoms with Crippen LogP contribution in [-0.2, 0) is 0 Å². The number of hydrogen-bond acceptors (Lipinski definition) is 2. The van der Waals surface area contributed by atoms with E-state index in [0.717, 1.165) is 32.5 Å². The number of piperidine rings is 1. The van der Waals surface area contributed by atoms with E-state index < -0.39 is 0 Å². The third-order valence-electron chi connectivity index (χ3n) is 4.44. The highest BCUT2D eigenvalue weighted by Crippen LogP contribution is 2.35. The smallest absolute Gasteiger partial charge is 0.317 e. The summed E-state index contributed by atoms with van der Waals surface area (Å²) in [5.41, 5.74) is 0.228. The second-order valence-corrected chi connectivity index (χ2v) is 5.68. The molecule has 1 saturated heterocycles. The van der Waals surface area contributed by atoms with Crippen LogP contribution < -0.4 is 5.32 Å². The van der Waals surface area contributed by atoms with Crippen molar-refractivity contribution in [2.75, 3.05) is 33.7 Å². The summed E-state index contributed by atoms with van der Waals surface area (Å²) in [6.07, 6.45) is 7.29. The highest BCUT2D eigenvalue weighted by Gasteiger charge is 2.39. The standard InChI is InChI=1S/C13H25N3O/c1-15(2)13(7-6-8-13)11-14-12(17)16-9-4-3-5-10-16/h3-11H2,1-2H3,(H,14,17). The topological polar surface area (TPSA) is 35.6 Å². The second-order valence-electron chi connectivity index (χ2n) is 5.68. The number of likely N-dealkylation sites (N-methyl/N-ethyl adjacent to an activating group) is 1. The molecule has 0 aromatic carbocycles. The second kappa shape index (κ2) is 5.25. The fourth-order valence-corrected chi connectivity index (χ4v) is 2.82. The highest BCUT2D eigenvalue weighted by atomic mass is 16.2. The number of carbonyl (C=O) groups excluding carboxylic acids is 1. The molecule has 0 bridgehead atoms. The van der Waals surface area contributed by atoms with Crippen LogP contribution in [0.25, 0.3) is 0 Å². The minimum absolute atomic E-state index is 0.137. The molecule has 2 rings (SSSR count). The normalized spacial score (nSPS) is 23.4. The van der Waals surface area contributed by atoms with Gasteiger partial charge >= 0.3 is 6.03 Å². The SMILES string of the molecule is CN(C)C1(CNC(=O)N2CCCCC2)CCC1. The van der Waals surface area contributed by atoms with Crippen molar-refractivity contribution >= 4 is 6.03 Å². The van der Waals surface area contributed by atoms with Crippen molar-refractivity contribution in [3.05, 3.63) is 0 Å². The van der Waals surface area contributed by atoms with Gasteiger partial charge in [0.1, 0.15) is 0 Å². The van der Waals surface area contributed by atoms with Crippen molar-refractivity contribution in [3.8, 4) is 0 Å². The zero-order chi connectivity index (χ0) is 12.3. The van der Waals surface area contributed by atoms with E-state index in [4.69, 9.17) is 0 Å². The quantitative estimate of drug-likeness (QED) is 0.813. The van der Waals surface area contributed by atoms with Crippen LogP contribution in [0.3, 0.4) is 0 Å². The predicted octanol–water partition coefficient (Wildman–Crippen LogP) is 1.67. The number of urea groups is 1. The molecule has 0 spiro atoms. The molecule has 4 nitrogen and oxygen atoms in total. The molecule has 0 atom stereocenters. The molecule has 0 radical (unpaired) electrons. The van der Waals surface area contributed by atoms with Crippen LogP contribution in [0, 0.1) is 0 Å². The van der Waals surface area contributed by atoms with E-state index in [1.54, 1.807) is 0 Å². The van der Waals surface area contributed by atoms with Gasteiger partial charge in [-0.1, -0.05) is 0 Å². The summed E-state index contributed by atoms with van der Waals surface area (Å²) in [4.78, 5) is 16.2. The third-order valence-corrected chi connectivity index (χ3v) is 4.44. The Morgan fingerprint density at radius 3 is 2.29 bits per heavy atom. The molecule has 0 aromatic rings. The lowest BCUT2D eigenvalue weighted by Crippen LogP contribution is -2.58. The molecule has 0 aromatic heterocycles. The zero-order valence-electron chi connectivity index (χ0n) is 11.2. The fraction of sp³-hybridized carbons (Fsp3) is 0.923. The van der Waals surface area contributed by atoms with Crippen LogP contribution in [0.1, 0.15) is 38.5 Å². The Kier molecular flexibility index (Phi) is 3.92. The highest BCUT2D eigenvalue weighted by molar-refractivity contribution is 5.74. The number of nitrogens with zero attached hydrogens (tertiary/aromatic N) is 2. The largest absolute Gasteiger partial charge is 0.336 e. The number of nitrogens with one attached hydrogen (secondary N) is 1. The molecule has 2 fully saturated rings. The number of hydrogen-bond donors (Lipinski definition) is 1. The van der Waals surface area contributed by atoms with Crippen LogP contribution in [-0.4, -0.2) is 55.1 Å². The lowest BCUT2D eigenvalue weighted by atomic mass is 9.75. The molecule has 0 unspecified atom stereocenters. The van der Waals surface area contributed by atoms with Crippen molar-refractivity contribution in [2.45, 2.75) is 44.1 Å². The summed E-state index contributed by atoms with van der Waals surface area (Å²) in [7, 11) is 4.23. The fourth-order valence-electron chi connectivity index (χ4n) is 2.82. The lowest BCUT2D eigenvalue weighted by Gasteiger charge is -2.47. The zero-order valence-corrected chi connectivity index (χ0v) is 11.2. The van der Waals surface area contributed by atoms with Gasteiger partial charge in [0.05, 0.1) is 0 Å². The van der Waals surface area contributed by atoms with Crippen LogP contribution in [0.15, 0.2) is 0 Å². The molecular weight excluding hydrogens is 214 g/mol. The van der Waals surface area contributed by atoms with E-state index in [9.17, 15) is 4.79 Å². The van der Waals surface area contributed by atoms with E-state index in [1.807, 2.05) is 4.90 Å². The van der Waals surface area contributed by atoms with E-state index in [2.05, 4.69) is 24.3 Å². The Balaban J connectivity index is 1.78. The van der Waals surface area contributed by atoms with Crippen molar-refractivity contribution in [1.82, 2.24) is 15.1 Å². The van der Waals surface area contributed by atoms with Gasteiger partial charge in [-0.3, -0.25) is 0 Å². The van der Waals surface area contributed by atoms with Gasteiger partial charge in [-0.25, -0.2) is 4.79 Å². The van der Waals surface area contributed by atoms with Gasteiger partial charge in [-0.05, 0) is 52.6 Å². The van der Waals surface area contributed by atoms with Crippen LogP contribution in [0.5, 0.6) is 0 Å². The monoisotopic (exact) mass is 239 g/mol. The Morgan fingerprint density at radius 2 is 1.82 bits per heavy atom. The van der Waals surface area contributed by atoms with E-state index in [1.165, 1.54) is 25.7 Å². The molecular formula is C13H25N3O. The first kappa shape index (κ1) is 12.7. The summed E-state index contributed by atoms with van der Waals surface area (Å²) in [5, 5.41) is 3.12. The molecule has 2 amide bonds. The summed E-state index contributed by atoms with van der Waals surface area (Å²) < 4.78 is 0. The van der Waals surface area contributed by atoms with Gasteiger partial charge in [0.15, 0.2) is 0 Å². The van der Waals surface area contributed by atoms with Crippen LogP contribution in [0.2, 0.25) is 0 Å². The summed E-state index contributed by atoms with van der Waals surface area (Å²) in [6, 6.07) is 0.137. The molecule has 17 heavy (non-hydrogen) atoms. The number of rotatable bonds is 3. The van der Waals surface area contributed by atoms with Gasteiger partial charge in [0, 0.05) is 25.2 Å². The van der Waals surface area contributed by atoms with Gasteiger partial charge in [-0.15, -0.1) is 0 Å². The van der Waals surface area contributed by atoms with E-state index in [0.29, 0.717) is 0 Å². The maximum atomic E-state index is 12.0. The Bertz CT molecular complexity index is 268. The lowest BCUT2D eigenvalue weighted by molar-refractivity contribution is 0.0603. The first-order valence-corrected chi connectivity index (χ1v) is 6.84. The molecule has 98 valence electrons. The average molecular weight is 239 g/mol. The maximum Gasteiger partial charge on any atom is 0.317 e. The number of carbonyl (C=O) groups is 1. The van der Waals surface area contributed by atoms with Crippen molar-refractivity contribution in [3.63, 3.8) is 0 Å². The molecule has 1 heterocycles. The molecule has 1 saturated carbocycles. The van der Waals surface area contributed by atoms with Gasteiger partial charge in [-0.2, -0.15) is 0 Å². The Morgan fingerprint density at radius 1 is 1.18 bits per heavy atom. The van der Waals surface area contributed by atoms with Gasteiger partial charge in [0.25, 0.3) is 0 Å². The van der Waals surface area contributed by atoms with E-state index >= 15 is 0 Å². The maximum absolute atomic E-state index is 12.0. The van der Waals surface area contributed by atoms with E-state index in [-0.39, 0.29) is 11.6 Å². The third kappa shape index (κ3) is 2.73. The summed E-state index contributed by atoms with van der Waals surface area (Å²) >= 11 is 0. The van der Waals surface area contributed by atoms with Crippen molar-refractivity contribution < 1.29 is 4.79 Å². The van der Waals surface area contributed by atoms with Crippen LogP contribution in [0.4, 0.5) is 4.79 Å². The Hall–Kier alpha value is -0.770. The minimum Gasteiger partial charge on any atom is -0.336 e. The molecule has 1 N–H and O–H groups in total. The first-order chi connectivity index (χ1) is 8.14. The Labute approximate surface area is 104 Å². The van der Waals surface area contributed by atoms with Crippen molar-refractivity contribution in [1.29, 1.82) is 0 Å². The van der Waals surface area contributed by atoms with Crippen LogP contribution >= 0.6 is 0 Å². The number of amides is 2. The summed E-state index contributed by atoms with van der Waals surface area (Å²) in [6.45, 7) is 2.66. The molecule has 4 heteroatoms. The minimum atomic E-state index is 0.137. The number of likely N-dealkylation sites (tertiary alicyclic amines) is 1. The molecule has 1 aliphatic carbocycles. The van der Waals surface area contributed by atoms with Gasteiger partial charge in [0.2, 0.25) is 0 Å². The van der Waals surface area contributed by atoms with Gasteiger partial charge < -0.3 is 15.1 Å². The molecule has 1 aliphatic heterocycles. The average Bonchev–Trinajstić information content (AvgIpc) is 2.28. The summed E-state index contributed by atoms with van der Waals surface area (Å²) in [5.74, 6) is 0. The molecule has 2 aliphatic rings.